The van der Waals surface area contributed by atoms with Gasteiger partial charge in [-0.1, -0.05) is 31.5 Å². The van der Waals surface area contributed by atoms with Crippen molar-refractivity contribution in [2.75, 3.05) is 0 Å². The Hall–Kier alpha value is -1.09. The van der Waals surface area contributed by atoms with Gasteiger partial charge >= 0.3 is 0 Å². The van der Waals surface area contributed by atoms with Crippen molar-refractivity contribution < 1.29 is 0 Å². The van der Waals surface area contributed by atoms with Crippen molar-refractivity contribution in [3.8, 4) is 0 Å². The average molecular weight is 196 g/mol. The van der Waals surface area contributed by atoms with Crippen LogP contribution in [-0.4, -0.2) is 14.6 Å². The number of halogens is 1. The largest absolute Gasteiger partial charge is 0.212 e. The van der Waals surface area contributed by atoms with E-state index >= 15 is 0 Å². The third-order valence-corrected chi connectivity index (χ3v) is 2.13. The molecule has 2 heterocycles. The van der Waals surface area contributed by atoms with Crippen LogP contribution in [0.3, 0.4) is 0 Å². The van der Waals surface area contributed by atoms with Crippen molar-refractivity contribution >= 4 is 17.2 Å². The molecule has 0 N–H and O–H groups in total. The maximum absolute atomic E-state index is 5.94. The van der Waals surface area contributed by atoms with Crippen LogP contribution in [0.2, 0.25) is 5.15 Å². The van der Waals surface area contributed by atoms with Crippen LogP contribution < -0.4 is 0 Å². The normalized spacial score (nSPS) is 11.4. The second-order valence-electron chi connectivity index (χ2n) is 3.24. The molecular weight excluding hydrogens is 186 g/mol. The molecule has 0 atom stereocenters. The van der Waals surface area contributed by atoms with Crippen molar-refractivity contribution in [1.82, 2.24) is 14.6 Å². The van der Waals surface area contributed by atoms with Crippen LogP contribution in [-0.2, 0) is 0 Å². The monoisotopic (exact) mass is 195 g/mol. The van der Waals surface area contributed by atoms with Gasteiger partial charge in [0.1, 0.15) is 5.15 Å². The van der Waals surface area contributed by atoms with E-state index in [-0.39, 0.29) is 0 Å². The predicted molar refractivity (Wildman–Crippen MR) is 52.1 cm³/mol. The highest BCUT2D eigenvalue weighted by atomic mass is 35.5. The van der Waals surface area contributed by atoms with Crippen LogP contribution in [0, 0.1) is 0 Å². The van der Waals surface area contributed by atoms with Crippen LogP contribution in [0.25, 0.3) is 5.65 Å². The Morgan fingerprint density at radius 2 is 2.15 bits per heavy atom. The molecule has 2 rings (SSSR count). The average Bonchev–Trinajstić information content (AvgIpc) is 2.49. The number of aromatic nitrogens is 3. The number of rotatable bonds is 1. The lowest BCUT2D eigenvalue weighted by atomic mass is 10.2. The Bertz CT molecular complexity index is 433. The van der Waals surface area contributed by atoms with Gasteiger partial charge < -0.3 is 0 Å². The van der Waals surface area contributed by atoms with E-state index in [1.165, 1.54) is 0 Å². The molecule has 0 aliphatic heterocycles. The molecule has 4 heteroatoms. The van der Waals surface area contributed by atoms with Gasteiger partial charge in [0.05, 0.1) is 0 Å². The fourth-order valence-electron chi connectivity index (χ4n) is 1.13. The summed E-state index contributed by atoms with van der Waals surface area (Å²) in [6.07, 6.45) is 0. The van der Waals surface area contributed by atoms with Crippen molar-refractivity contribution in [2.45, 2.75) is 19.8 Å². The first-order chi connectivity index (χ1) is 6.18. The van der Waals surface area contributed by atoms with Crippen molar-refractivity contribution in [3.05, 3.63) is 29.2 Å². The third kappa shape index (κ3) is 1.40. The molecule has 68 valence electrons. The lowest BCUT2D eigenvalue weighted by Gasteiger charge is -1.94. The van der Waals surface area contributed by atoms with E-state index in [4.69, 9.17) is 11.6 Å². The number of hydrogen-bond donors (Lipinski definition) is 0. The Balaban J connectivity index is 2.68. The molecule has 0 unspecified atom stereocenters. The quantitative estimate of drug-likeness (QED) is 0.655. The summed E-state index contributed by atoms with van der Waals surface area (Å²) in [6, 6.07) is 5.56. The van der Waals surface area contributed by atoms with E-state index in [0.717, 1.165) is 11.5 Å². The molecule has 0 saturated heterocycles. The maximum atomic E-state index is 5.94. The minimum atomic E-state index is 0.330. The Labute approximate surface area is 81.4 Å². The first kappa shape index (κ1) is 8.51. The van der Waals surface area contributed by atoms with Gasteiger partial charge in [0, 0.05) is 5.92 Å². The summed E-state index contributed by atoms with van der Waals surface area (Å²) in [5.74, 6) is 1.16. The summed E-state index contributed by atoms with van der Waals surface area (Å²) < 4.78 is 1.65. The second kappa shape index (κ2) is 3.00. The highest BCUT2D eigenvalue weighted by Crippen LogP contribution is 2.14. The molecule has 0 amide bonds. The summed E-state index contributed by atoms with van der Waals surface area (Å²) in [5.41, 5.74) is 0.802. The minimum Gasteiger partial charge on any atom is -0.212 e. The van der Waals surface area contributed by atoms with E-state index < -0.39 is 0 Å². The Morgan fingerprint density at radius 3 is 2.77 bits per heavy atom. The molecule has 0 fully saturated rings. The van der Waals surface area contributed by atoms with Gasteiger partial charge in [0.2, 0.25) is 0 Å². The van der Waals surface area contributed by atoms with Crippen molar-refractivity contribution in [2.24, 2.45) is 0 Å². The molecule has 0 spiro atoms. The van der Waals surface area contributed by atoms with Crippen LogP contribution in [0.15, 0.2) is 18.2 Å². The maximum Gasteiger partial charge on any atom is 0.157 e. The predicted octanol–water partition coefficient (Wildman–Crippen LogP) is 2.51. The van der Waals surface area contributed by atoms with E-state index in [2.05, 4.69) is 23.9 Å². The zero-order valence-corrected chi connectivity index (χ0v) is 8.28. The van der Waals surface area contributed by atoms with E-state index in [9.17, 15) is 0 Å². The zero-order valence-electron chi connectivity index (χ0n) is 7.53. The molecule has 0 radical (unpaired) electrons. The Kier molecular flexibility index (Phi) is 1.96. The highest BCUT2D eigenvalue weighted by molar-refractivity contribution is 6.29. The fourth-order valence-corrected chi connectivity index (χ4v) is 1.33. The smallest absolute Gasteiger partial charge is 0.157 e. The number of pyridine rings is 1. The van der Waals surface area contributed by atoms with Crippen LogP contribution in [0.4, 0.5) is 0 Å². The molecule has 0 aromatic carbocycles. The van der Waals surface area contributed by atoms with Gasteiger partial charge in [-0.3, -0.25) is 0 Å². The SMILES string of the molecule is CC(C)c1nc2cccc(Cl)n2n1. The number of nitrogens with zero attached hydrogens (tertiary/aromatic N) is 3. The number of hydrogen-bond acceptors (Lipinski definition) is 2. The minimum absolute atomic E-state index is 0.330. The third-order valence-electron chi connectivity index (χ3n) is 1.85. The van der Waals surface area contributed by atoms with Gasteiger partial charge in [0.25, 0.3) is 0 Å². The molecule has 0 aliphatic carbocycles. The molecular formula is C9H10ClN3. The zero-order chi connectivity index (χ0) is 9.42. The first-order valence-corrected chi connectivity index (χ1v) is 4.57. The van der Waals surface area contributed by atoms with Crippen molar-refractivity contribution in [3.63, 3.8) is 0 Å². The van der Waals surface area contributed by atoms with Crippen molar-refractivity contribution in [1.29, 1.82) is 0 Å². The summed E-state index contributed by atoms with van der Waals surface area (Å²) in [5, 5.41) is 4.88. The standard InChI is InChI=1S/C9H10ClN3/c1-6(2)9-11-8-5-3-4-7(10)13(8)12-9/h3-6H,1-2H3. The lowest BCUT2D eigenvalue weighted by molar-refractivity contribution is 0.765. The van der Waals surface area contributed by atoms with Crippen LogP contribution >= 0.6 is 11.6 Å². The summed E-state index contributed by atoms with van der Waals surface area (Å²) in [7, 11) is 0. The van der Waals surface area contributed by atoms with E-state index in [1.54, 1.807) is 10.6 Å². The summed E-state index contributed by atoms with van der Waals surface area (Å²) in [6.45, 7) is 4.12. The molecule has 0 aliphatic rings. The molecule has 0 saturated carbocycles. The fraction of sp³-hybridized carbons (Fsp3) is 0.333. The molecule has 13 heavy (non-hydrogen) atoms. The molecule has 3 nitrogen and oxygen atoms in total. The van der Waals surface area contributed by atoms with E-state index in [1.807, 2.05) is 12.1 Å². The molecule has 0 bridgehead atoms. The van der Waals surface area contributed by atoms with Gasteiger partial charge in [-0.25, -0.2) is 9.50 Å². The first-order valence-electron chi connectivity index (χ1n) is 4.19. The second-order valence-corrected chi connectivity index (χ2v) is 3.63. The summed E-state index contributed by atoms with van der Waals surface area (Å²) in [4.78, 5) is 4.34. The van der Waals surface area contributed by atoms with Gasteiger partial charge in [-0.05, 0) is 12.1 Å². The lowest BCUT2D eigenvalue weighted by Crippen LogP contribution is -1.92. The van der Waals surface area contributed by atoms with Gasteiger partial charge in [0.15, 0.2) is 11.5 Å². The highest BCUT2D eigenvalue weighted by Gasteiger charge is 2.08. The Morgan fingerprint density at radius 1 is 1.38 bits per heavy atom. The summed E-state index contributed by atoms with van der Waals surface area (Å²) >= 11 is 5.94. The molecule has 2 aromatic rings. The number of fused-ring (bicyclic) bond motifs is 1. The van der Waals surface area contributed by atoms with E-state index in [0.29, 0.717) is 11.1 Å². The van der Waals surface area contributed by atoms with Crippen LogP contribution in [0.5, 0.6) is 0 Å². The topological polar surface area (TPSA) is 30.2 Å². The van der Waals surface area contributed by atoms with Crippen LogP contribution in [0.1, 0.15) is 25.6 Å². The van der Waals surface area contributed by atoms with Gasteiger partial charge in [-0.2, -0.15) is 0 Å². The van der Waals surface area contributed by atoms with Gasteiger partial charge in [-0.15, -0.1) is 5.10 Å². The molecule has 2 aromatic heterocycles.